The number of guanidine groups is 1. The lowest BCUT2D eigenvalue weighted by molar-refractivity contribution is 0.296. The zero-order valence-electron chi connectivity index (χ0n) is 13.9. The molecule has 2 aliphatic carbocycles. The molecule has 0 aromatic heterocycles. The van der Waals surface area contributed by atoms with E-state index in [1.54, 1.807) is 0 Å². The fourth-order valence-corrected chi connectivity index (χ4v) is 2.51. The molecule has 3 rings (SSSR count). The summed E-state index contributed by atoms with van der Waals surface area (Å²) in [5.41, 5.74) is 2.43. The van der Waals surface area contributed by atoms with Crippen molar-refractivity contribution < 1.29 is 4.74 Å². The summed E-state index contributed by atoms with van der Waals surface area (Å²) < 4.78 is 6.02. The van der Waals surface area contributed by atoms with Gasteiger partial charge in [-0.1, -0.05) is 19.1 Å². The van der Waals surface area contributed by atoms with Crippen molar-refractivity contribution in [3.63, 3.8) is 0 Å². The Balaban J connectivity index is 1.57. The second-order valence-corrected chi connectivity index (χ2v) is 6.76. The maximum absolute atomic E-state index is 6.02. The summed E-state index contributed by atoms with van der Waals surface area (Å²) >= 11 is 0. The van der Waals surface area contributed by atoms with E-state index in [1.807, 2.05) is 7.05 Å². The molecular formula is C18H27N3O. The van der Waals surface area contributed by atoms with Crippen molar-refractivity contribution in [2.45, 2.75) is 45.7 Å². The van der Waals surface area contributed by atoms with Gasteiger partial charge in [-0.05, 0) is 49.7 Å². The molecule has 0 radical (unpaired) electrons. The zero-order chi connectivity index (χ0) is 15.5. The minimum absolute atomic E-state index is 0.579. The number of hydrogen-bond acceptors (Lipinski definition) is 2. The van der Waals surface area contributed by atoms with Crippen LogP contribution >= 0.6 is 0 Å². The maximum Gasteiger partial charge on any atom is 0.191 e. The van der Waals surface area contributed by atoms with E-state index in [2.05, 4.69) is 47.7 Å². The number of benzene rings is 1. The molecule has 1 aromatic rings. The van der Waals surface area contributed by atoms with Crippen molar-refractivity contribution in [3.05, 3.63) is 29.3 Å². The van der Waals surface area contributed by atoms with E-state index in [9.17, 15) is 0 Å². The Morgan fingerprint density at radius 1 is 1.36 bits per heavy atom. The van der Waals surface area contributed by atoms with Gasteiger partial charge < -0.3 is 15.4 Å². The van der Waals surface area contributed by atoms with Gasteiger partial charge in [-0.25, -0.2) is 0 Å². The molecule has 22 heavy (non-hydrogen) atoms. The first-order valence-corrected chi connectivity index (χ1v) is 8.35. The van der Waals surface area contributed by atoms with Crippen LogP contribution in [-0.2, 0) is 6.54 Å². The summed E-state index contributed by atoms with van der Waals surface area (Å²) in [4.78, 5) is 4.30. The van der Waals surface area contributed by atoms with Gasteiger partial charge in [-0.2, -0.15) is 0 Å². The molecule has 0 saturated heterocycles. The molecule has 2 unspecified atom stereocenters. The molecular weight excluding hydrogens is 274 g/mol. The largest absolute Gasteiger partial charge is 0.493 e. The normalized spacial score (nSPS) is 24.0. The fourth-order valence-electron chi connectivity index (χ4n) is 2.51. The number of nitrogens with one attached hydrogen (secondary N) is 2. The maximum atomic E-state index is 6.02. The average molecular weight is 301 g/mol. The van der Waals surface area contributed by atoms with Crippen molar-refractivity contribution in [2.24, 2.45) is 16.8 Å². The summed E-state index contributed by atoms with van der Waals surface area (Å²) in [6, 6.07) is 7.01. The third kappa shape index (κ3) is 4.15. The molecule has 2 atom stereocenters. The predicted octanol–water partition coefficient (Wildman–Crippen LogP) is 2.86. The van der Waals surface area contributed by atoms with Crippen LogP contribution in [0.5, 0.6) is 5.75 Å². The Morgan fingerprint density at radius 2 is 2.14 bits per heavy atom. The lowest BCUT2D eigenvalue weighted by atomic mass is 10.1. The van der Waals surface area contributed by atoms with Gasteiger partial charge in [-0.15, -0.1) is 0 Å². The van der Waals surface area contributed by atoms with Crippen molar-refractivity contribution in [1.29, 1.82) is 0 Å². The molecule has 0 heterocycles. The molecule has 0 aliphatic heterocycles. The third-order valence-electron chi connectivity index (χ3n) is 4.50. The summed E-state index contributed by atoms with van der Waals surface area (Å²) in [6.45, 7) is 5.95. The molecule has 2 N–H and O–H groups in total. The van der Waals surface area contributed by atoms with Crippen LogP contribution in [0.15, 0.2) is 23.2 Å². The summed E-state index contributed by atoms with van der Waals surface area (Å²) in [6.07, 6.45) is 3.87. The van der Waals surface area contributed by atoms with E-state index in [0.29, 0.717) is 6.04 Å². The van der Waals surface area contributed by atoms with Crippen LogP contribution < -0.4 is 15.4 Å². The van der Waals surface area contributed by atoms with Crippen LogP contribution in [0.4, 0.5) is 0 Å². The van der Waals surface area contributed by atoms with Gasteiger partial charge in [0.1, 0.15) is 5.75 Å². The van der Waals surface area contributed by atoms with Crippen LogP contribution in [-0.4, -0.2) is 25.7 Å². The van der Waals surface area contributed by atoms with Crippen molar-refractivity contribution in [1.82, 2.24) is 10.6 Å². The number of ether oxygens (including phenoxy) is 1. The molecule has 1 aromatic carbocycles. The van der Waals surface area contributed by atoms with E-state index < -0.39 is 0 Å². The number of aryl methyl sites for hydroxylation is 1. The number of aliphatic imine (C=N–C) groups is 1. The van der Waals surface area contributed by atoms with Crippen molar-refractivity contribution in [3.8, 4) is 5.75 Å². The second-order valence-electron chi connectivity index (χ2n) is 6.76. The van der Waals surface area contributed by atoms with Gasteiger partial charge in [0.05, 0.1) is 6.61 Å². The molecule has 0 amide bonds. The Bertz CT molecular complexity index is 551. The Hall–Kier alpha value is -1.71. The summed E-state index contributed by atoms with van der Waals surface area (Å²) in [5.74, 6) is 3.42. The van der Waals surface area contributed by atoms with E-state index >= 15 is 0 Å². The number of rotatable bonds is 6. The first-order chi connectivity index (χ1) is 10.7. The highest BCUT2D eigenvalue weighted by Crippen LogP contribution is 2.31. The van der Waals surface area contributed by atoms with Crippen LogP contribution in [0.2, 0.25) is 0 Å². The quantitative estimate of drug-likeness (QED) is 0.627. The molecule has 4 nitrogen and oxygen atoms in total. The molecule has 2 aliphatic rings. The highest BCUT2D eigenvalue weighted by Gasteiger charge is 2.33. The van der Waals surface area contributed by atoms with Gasteiger partial charge in [0.15, 0.2) is 5.96 Å². The van der Waals surface area contributed by atoms with Gasteiger partial charge in [0.25, 0.3) is 0 Å². The van der Waals surface area contributed by atoms with Crippen molar-refractivity contribution >= 4 is 5.96 Å². The fraction of sp³-hybridized carbons (Fsp3) is 0.611. The third-order valence-corrected chi connectivity index (χ3v) is 4.50. The minimum atomic E-state index is 0.579. The van der Waals surface area contributed by atoms with Gasteiger partial charge in [-0.3, -0.25) is 4.99 Å². The molecule has 4 heteroatoms. The molecule has 0 spiro atoms. The standard InChI is InChI=1S/C18H27N3O/c1-12-4-7-15(17(8-12)22-11-14-5-6-14)10-20-18(19-3)21-16-9-13(16)2/h4,7-8,13-14,16H,5-6,9-11H2,1-3H3,(H2,19,20,21). The van der Waals surface area contributed by atoms with Crippen LogP contribution in [0.25, 0.3) is 0 Å². The predicted molar refractivity (Wildman–Crippen MR) is 90.3 cm³/mol. The molecule has 2 saturated carbocycles. The first-order valence-electron chi connectivity index (χ1n) is 8.35. The molecule has 2 fully saturated rings. The van der Waals surface area contributed by atoms with E-state index in [4.69, 9.17) is 4.74 Å². The van der Waals surface area contributed by atoms with E-state index in [1.165, 1.54) is 30.4 Å². The monoisotopic (exact) mass is 301 g/mol. The molecule has 120 valence electrons. The van der Waals surface area contributed by atoms with E-state index in [0.717, 1.165) is 36.7 Å². The first kappa shape index (κ1) is 15.2. The van der Waals surface area contributed by atoms with Gasteiger partial charge in [0, 0.05) is 25.2 Å². The minimum Gasteiger partial charge on any atom is -0.493 e. The second kappa shape index (κ2) is 6.59. The van der Waals surface area contributed by atoms with Crippen LogP contribution in [0.1, 0.15) is 37.3 Å². The highest BCUT2D eigenvalue weighted by atomic mass is 16.5. The topological polar surface area (TPSA) is 45.7 Å². The van der Waals surface area contributed by atoms with Crippen molar-refractivity contribution in [2.75, 3.05) is 13.7 Å². The zero-order valence-corrected chi connectivity index (χ0v) is 13.9. The van der Waals surface area contributed by atoms with Crippen LogP contribution in [0.3, 0.4) is 0 Å². The Morgan fingerprint density at radius 3 is 2.77 bits per heavy atom. The number of hydrogen-bond donors (Lipinski definition) is 2. The van der Waals surface area contributed by atoms with E-state index in [-0.39, 0.29) is 0 Å². The highest BCUT2D eigenvalue weighted by molar-refractivity contribution is 5.80. The van der Waals surface area contributed by atoms with Crippen LogP contribution in [0, 0.1) is 18.8 Å². The summed E-state index contributed by atoms with van der Waals surface area (Å²) in [5, 5.41) is 6.85. The Kier molecular flexibility index (Phi) is 4.55. The summed E-state index contributed by atoms with van der Waals surface area (Å²) in [7, 11) is 1.82. The Labute approximate surface area is 133 Å². The smallest absolute Gasteiger partial charge is 0.191 e. The number of nitrogens with zero attached hydrogens (tertiary/aromatic N) is 1. The SMILES string of the molecule is CN=C(NCc1ccc(C)cc1OCC1CC1)NC1CC1C. The lowest BCUT2D eigenvalue weighted by Gasteiger charge is -2.15. The average Bonchev–Trinajstić information content (AvgIpc) is 3.41. The van der Waals surface area contributed by atoms with Gasteiger partial charge >= 0.3 is 0 Å². The lowest BCUT2D eigenvalue weighted by Crippen LogP contribution is -2.38. The molecule has 0 bridgehead atoms. The van der Waals surface area contributed by atoms with Gasteiger partial charge in [0.2, 0.25) is 0 Å².